The molecule has 4 N–H and O–H groups in total. The summed E-state index contributed by atoms with van der Waals surface area (Å²) < 4.78 is 1.29. The fourth-order valence-corrected chi connectivity index (χ4v) is 15.5. The molecule has 12 fully saturated rings. The molecule has 6 heteroatoms. The van der Waals surface area contributed by atoms with Crippen molar-refractivity contribution in [1.82, 2.24) is 0 Å². The molecule has 12 rings (SSSR count). The van der Waals surface area contributed by atoms with Crippen LogP contribution in [0.5, 0.6) is 0 Å². The lowest BCUT2D eigenvalue weighted by Gasteiger charge is -2.54. The van der Waals surface area contributed by atoms with E-state index in [-0.39, 0.29) is 18.0 Å². The topological polar surface area (TPSA) is 82.0 Å². The van der Waals surface area contributed by atoms with Crippen LogP contribution < -0.4 is 18.1 Å². The molecule has 0 radical (unpaired) electrons. The molecule has 0 aromatic heterocycles. The van der Waals surface area contributed by atoms with E-state index in [1.807, 2.05) is 0 Å². The van der Waals surface area contributed by atoms with Gasteiger partial charge in [0.25, 0.3) is 0 Å². The zero-order chi connectivity index (χ0) is 30.9. The molecule has 0 aliphatic heterocycles. The summed E-state index contributed by atoms with van der Waals surface area (Å²) in [6, 6.07) is 0.825. The smallest absolute Gasteiger partial charge is 0.136 e. The van der Waals surface area contributed by atoms with Gasteiger partial charge in [0.1, 0.15) is 11.6 Å². The first kappa shape index (κ1) is 34.7. The van der Waals surface area contributed by atoms with Crippen LogP contribution in [0, 0.1) is 82.9 Å². The Labute approximate surface area is 299 Å². The second kappa shape index (κ2) is 14.1. The van der Waals surface area contributed by atoms with E-state index < -0.39 is 0 Å². The van der Waals surface area contributed by atoms with Crippen LogP contribution in [-0.4, -0.2) is 32.7 Å². The molecule has 11 unspecified atom stereocenters. The third-order valence-corrected chi connectivity index (χ3v) is 16.9. The normalized spacial score (nSPS) is 52.5. The largest absolute Gasteiger partial charge is 1.00 e. The Morgan fingerprint density at radius 2 is 1.07 bits per heavy atom. The molecular weight excluding hydrogens is 705 g/mol. The Kier molecular flexibility index (Phi) is 10.7. The van der Waals surface area contributed by atoms with E-state index in [1.54, 1.807) is 19.3 Å². The number of hydrogen-bond acceptors (Lipinski definition) is 3. The van der Waals surface area contributed by atoms with Crippen molar-refractivity contribution in [1.29, 1.82) is 0 Å². The number of hydrogen-bond donors (Lipinski definition) is 2. The van der Waals surface area contributed by atoms with Crippen molar-refractivity contribution in [3.63, 3.8) is 0 Å². The average molecular weight is 768 g/mol. The first-order chi connectivity index (χ1) is 21.7. The minimum Gasteiger partial charge on any atom is -1.00 e. The molecule has 12 bridgehead atoms. The Morgan fingerprint density at radius 1 is 0.587 bits per heavy atom. The molecule has 260 valence electrons. The molecule has 0 saturated heterocycles. The standard InChI is InChI=1S/C10H15IO.C10H17N.C10H16O.C10H14O.ClH/c11-6-9-2-7-1-8(3-9)5-10(12)4-7;11-10-5-7-1-6-2-8(3-7)9(10)4-6;11-10-4-7-1-8(5-10)3-9(2-7)6-10;11-10-5-7-1-6-2-8(3-7)9(10)4-6;/h7-9H,1-6H2;6-10H,1-5,11H2;7-9,11H,1-6H2;6-9H,1-5H2;1H. The summed E-state index contributed by atoms with van der Waals surface area (Å²) in [5, 5.41) is 10.1. The Hall–Kier alpha value is 0.280. The summed E-state index contributed by atoms with van der Waals surface area (Å²) in [6.45, 7) is 0. The molecule has 0 aromatic rings. The first-order valence-electron chi connectivity index (χ1n) is 19.8. The Morgan fingerprint density at radius 3 is 1.67 bits per heavy atom. The fraction of sp³-hybridized carbons (Fsp3) is 0.950. The van der Waals surface area contributed by atoms with E-state index in [0.29, 0.717) is 17.5 Å². The maximum atomic E-state index is 11.5. The van der Waals surface area contributed by atoms with Crippen molar-refractivity contribution >= 4 is 34.2 Å². The predicted octanol–water partition coefficient (Wildman–Crippen LogP) is 4.83. The minimum atomic E-state index is -0.200. The summed E-state index contributed by atoms with van der Waals surface area (Å²) in [7, 11) is 0. The van der Waals surface area contributed by atoms with Gasteiger partial charge in [0.05, 0.1) is 11.6 Å². The third-order valence-electron chi connectivity index (χ3n) is 15.6. The van der Waals surface area contributed by atoms with Gasteiger partial charge >= 0.3 is 0 Å². The summed E-state index contributed by atoms with van der Waals surface area (Å²) in [5.41, 5.74) is 4.12. The van der Waals surface area contributed by atoms with Crippen LogP contribution in [0.1, 0.15) is 135 Å². The Balaban J connectivity index is 0.0000000973. The van der Waals surface area contributed by atoms with Crippen molar-refractivity contribution < 1.29 is 32.8 Å². The second-order valence-corrected chi connectivity index (χ2v) is 20.2. The van der Waals surface area contributed by atoms with Gasteiger partial charge in [-0.15, -0.1) is 0 Å². The summed E-state index contributed by atoms with van der Waals surface area (Å²) >= 11 is 2.49. The average Bonchev–Trinajstić information content (AvgIpc) is 3.36. The van der Waals surface area contributed by atoms with E-state index in [9.17, 15) is 14.7 Å². The van der Waals surface area contributed by atoms with Crippen LogP contribution in [0.2, 0.25) is 0 Å². The van der Waals surface area contributed by atoms with E-state index in [0.717, 1.165) is 121 Å². The monoisotopic (exact) mass is 767 g/mol. The number of rotatable bonds is 1. The highest BCUT2D eigenvalue weighted by Crippen LogP contribution is 2.56. The number of halogens is 2. The second-order valence-electron chi connectivity index (χ2n) is 19.4. The molecule has 11 atom stereocenters. The lowest BCUT2D eigenvalue weighted by molar-refractivity contribution is -0.442. The number of Topliss-reactive ketones (excluding diaryl/α,β-unsaturated/α-hetero) is 2. The maximum absolute atomic E-state index is 11.5. The molecule has 0 heterocycles. The van der Waals surface area contributed by atoms with Gasteiger partial charge in [-0.2, -0.15) is 0 Å². The van der Waals surface area contributed by atoms with Gasteiger partial charge in [0.15, 0.2) is 0 Å². The number of ketones is 2. The lowest BCUT2D eigenvalue weighted by Crippen LogP contribution is -3.00. The molecule has 0 amide bonds. The number of aliphatic hydroxyl groups is 1. The maximum Gasteiger partial charge on any atom is 0.136 e. The number of alkyl halides is 1. The van der Waals surface area contributed by atoms with Crippen LogP contribution in [0.15, 0.2) is 0 Å². The van der Waals surface area contributed by atoms with Crippen LogP contribution in [0.25, 0.3) is 0 Å². The summed E-state index contributed by atoms with van der Waals surface area (Å²) in [6.07, 6.45) is 27.4. The quantitative estimate of drug-likeness (QED) is 0.297. The van der Waals surface area contributed by atoms with E-state index in [4.69, 9.17) is 0 Å². The molecular formula is C40H63ClINO3. The molecule has 12 saturated carbocycles. The summed E-state index contributed by atoms with van der Waals surface area (Å²) in [5.74, 6) is 13.7. The number of quaternary nitrogens is 1. The van der Waals surface area contributed by atoms with Crippen molar-refractivity contribution in [3.8, 4) is 0 Å². The zero-order valence-electron chi connectivity index (χ0n) is 28.4. The van der Waals surface area contributed by atoms with Crippen molar-refractivity contribution in [2.24, 2.45) is 82.9 Å². The van der Waals surface area contributed by atoms with Gasteiger partial charge in [0.2, 0.25) is 0 Å². The lowest BCUT2D eigenvalue weighted by atomic mass is 9.54. The SMILES string of the molecule is O=C1CC2CC(CI)CC(C1)C2.O=C1CC2CC3CC(C2)C1C3.OC12CC3CC(CC(C3)C1)C2.[Cl-].[NH3+]C1CC2CC3CC(C2)C1C3. The predicted molar refractivity (Wildman–Crippen MR) is 186 cm³/mol. The molecule has 46 heavy (non-hydrogen) atoms. The van der Waals surface area contributed by atoms with Crippen LogP contribution in [0.3, 0.4) is 0 Å². The van der Waals surface area contributed by atoms with Gasteiger partial charge in [-0.05, 0) is 180 Å². The number of carbonyl (C=O) groups is 2. The van der Waals surface area contributed by atoms with Crippen LogP contribution >= 0.6 is 22.6 Å². The van der Waals surface area contributed by atoms with E-state index in [2.05, 4.69) is 28.3 Å². The highest BCUT2D eigenvalue weighted by Gasteiger charge is 2.51. The molecule has 0 spiro atoms. The van der Waals surface area contributed by atoms with E-state index >= 15 is 0 Å². The zero-order valence-corrected chi connectivity index (χ0v) is 31.4. The van der Waals surface area contributed by atoms with Gasteiger partial charge in [-0.3, -0.25) is 9.59 Å². The Bertz CT molecular complexity index is 1060. The molecule has 4 nitrogen and oxygen atoms in total. The molecule has 12 aliphatic carbocycles. The fourth-order valence-electron chi connectivity index (χ4n) is 14.7. The van der Waals surface area contributed by atoms with Gasteiger partial charge in [0, 0.05) is 41.9 Å². The van der Waals surface area contributed by atoms with Crippen molar-refractivity contribution in [2.45, 2.75) is 146 Å². The van der Waals surface area contributed by atoms with Gasteiger partial charge in [-0.25, -0.2) is 0 Å². The van der Waals surface area contributed by atoms with Crippen LogP contribution in [0.4, 0.5) is 0 Å². The highest BCUT2D eigenvalue weighted by molar-refractivity contribution is 14.1. The van der Waals surface area contributed by atoms with Gasteiger partial charge in [-0.1, -0.05) is 22.6 Å². The van der Waals surface area contributed by atoms with Crippen molar-refractivity contribution in [3.05, 3.63) is 0 Å². The third kappa shape index (κ3) is 7.48. The molecule has 12 aliphatic rings. The highest BCUT2D eigenvalue weighted by atomic mass is 127. The molecule has 0 aromatic carbocycles. The number of fused-ring (bicyclic) bond motifs is 6. The minimum absolute atomic E-state index is 0. The van der Waals surface area contributed by atoms with Crippen molar-refractivity contribution in [2.75, 3.05) is 4.43 Å². The number of carbonyl (C=O) groups excluding carboxylic acids is 2. The first-order valence-corrected chi connectivity index (χ1v) is 21.3. The van der Waals surface area contributed by atoms with Gasteiger partial charge < -0.3 is 23.2 Å². The van der Waals surface area contributed by atoms with E-state index in [1.165, 1.54) is 81.5 Å². The summed E-state index contributed by atoms with van der Waals surface area (Å²) in [4.78, 5) is 22.8. The van der Waals surface area contributed by atoms with Crippen LogP contribution in [-0.2, 0) is 9.59 Å².